The Morgan fingerprint density at radius 1 is 1.27 bits per heavy atom. The van der Waals surface area contributed by atoms with Crippen LogP contribution in [0, 0.1) is 0 Å². The van der Waals surface area contributed by atoms with Gasteiger partial charge in [0.2, 0.25) is 0 Å². The van der Waals surface area contributed by atoms with Crippen LogP contribution in [0.5, 0.6) is 17.2 Å². The van der Waals surface area contributed by atoms with E-state index in [0.717, 1.165) is 11.3 Å². The quantitative estimate of drug-likeness (QED) is 0.847. The molecule has 0 unspecified atom stereocenters. The number of rotatable bonds is 7. The lowest BCUT2D eigenvalue weighted by molar-refractivity contribution is 0.0684. The van der Waals surface area contributed by atoms with Gasteiger partial charge in [-0.2, -0.15) is 0 Å². The summed E-state index contributed by atoms with van der Waals surface area (Å²) in [6.07, 6.45) is 1.38. The van der Waals surface area contributed by atoms with Crippen LogP contribution in [-0.4, -0.2) is 29.8 Å². The van der Waals surface area contributed by atoms with E-state index in [1.807, 2.05) is 24.3 Å². The second-order valence-corrected chi connectivity index (χ2v) is 4.37. The highest BCUT2D eigenvalue weighted by Gasteiger charge is 2.18. The van der Waals surface area contributed by atoms with Crippen molar-refractivity contribution in [2.75, 3.05) is 13.7 Å². The second kappa shape index (κ2) is 7.31. The first-order chi connectivity index (χ1) is 10.7. The van der Waals surface area contributed by atoms with Gasteiger partial charge in [-0.05, 0) is 24.6 Å². The normalized spacial score (nSPS) is 10.1. The fourth-order valence-corrected chi connectivity index (χ4v) is 1.90. The number of ether oxygens (including phenoxy) is 3. The van der Waals surface area contributed by atoms with Crippen LogP contribution in [0.4, 0.5) is 0 Å². The van der Waals surface area contributed by atoms with Gasteiger partial charge in [-0.3, -0.25) is 0 Å². The first-order valence-electron chi connectivity index (χ1n) is 6.76. The molecule has 2 rings (SSSR count). The Morgan fingerprint density at radius 3 is 2.77 bits per heavy atom. The van der Waals surface area contributed by atoms with E-state index < -0.39 is 5.97 Å². The van der Waals surface area contributed by atoms with Crippen LogP contribution in [-0.2, 0) is 6.61 Å². The van der Waals surface area contributed by atoms with Crippen LogP contribution in [0.15, 0.2) is 36.5 Å². The van der Waals surface area contributed by atoms with E-state index in [9.17, 15) is 4.79 Å². The molecular weight excluding hydrogens is 286 g/mol. The molecule has 0 aliphatic carbocycles. The molecule has 0 bridgehead atoms. The molecular formula is C16H17NO5. The molecule has 0 amide bonds. The molecule has 116 valence electrons. The van der Waals surface area contributed by atoms with E-state index in [-0.39, 0.29) is 18.1 Å². The van der Waals surface area contributed by atoms with E-state index in [4.69, 9.17) is 19.3 Å². The molecule has 0 fully saturated rings. The molecule has 0 saturated heterocycles. The van der Waals surface area contributed by atoms with Crippen molar-refractivity contribution in [1.82, 2.24) is 4.98 Å². The van der Waals surface area contributed by atoms with Gasteiger partial charge in [-0.1, -0.05) is 12.1 Å². The fourth-order valence-electron chi connectivity index (χ4n) is 1.90. The average Bonchev–Trinajstić information content (AvgIpc) is 2.54. The maximum Gasteiger partial charge on any atom is 0.358 e. The predicted molar refractivity (Wildman–Crippen MR) is 79.7 cm³/mol. The van der Waals surface area contributed by atoms with Gasteiger partial charge in [-0.15, -0.1) is 0 Å². The number of pyridine rings is 1. The largest absolute Gasteiger partial charge is 0.497 e. The van der Waals surface area contributed by atoms with E-state index >= 15 is 0 Å². The highest BCUT2D eigenvalue weighted by atomic mass is 16.5. The Balaban J connectivity index is 2.21. The molecule has 0 atom stereocenters. The van der Waals surface area contributed by atoms with Crippen LogP contribution < -0.4 is 14.2 Å². The highest BCUT2D eigenvalue weighted by molar-refractivity contribution is 5.89. The number of carbonyl (C=O) groups is 1. The molecule has 1 heterocycles. The van der Waals surface area contributed by atoms with Gasteiger partial charge in [0.25, 0.3) is 0 Å². The molecule has 1 aromatic heterocycles. The third-order valence-corrected chi connectivity index (χ3v) is 2.89. The zero-order chi connectivity index (χ0) is 15.9. The zero-order valence-electron chi connectivity index (χ0n) is 12.4. The number of hydrogen-bond acceptors (Lipinski definition) is 5. The van der Waals surface area contributed by atoms with Gasteiger partial charge in [0.05, 0.1) is 13.7 Å². The van der Waals surface area contributed by atoms with Crippen LogP contribution >= 0.6 is 0 Å². The van der Waals surface area contributed by atoms with Gasteiger partial charge < -0.3 is 19.3 Å². The minimum absolute atomic E-state index is 0.139. The van der Waals surface area contributed by atoms with Crippen molar-refractivity contribution in [1.29, 1.82) is 0 Å². The van der Waals surface area contributed by atoms with Crippen molar-refractivity contribution in [3.8, 4) is 17.2 Å². The maximum absolute atomic E-state index is 11.2. The minimum Gasteiger partial charge on any atom is -0.497 e. The van der Waals surface area contributed by atoms with Crippen molar-refractivity contribution in [3.63, 3.8) is 0 Å². The standard InChI is InChI=1S/C16H17NO5/c1-3-21-15-13(7-8-17-14(15)16(18)19)22-10-11-5-4-6-12(9-11)20-2/h4-9H,3,10H2,1-2H3,(H,18,19). The van der Waals surface area contributed by atoms with Crippen LogP contribution in [0.25, 0.3) is 0 Å². The monoisotopic (exact) mass is 303 g/mol. The SMILES string of the molecule is CCOc1c(OCc2cccc(OC)c2)ccnc1C(=O)O. The lowest BCUT2D eigenvalue weighted by Gasteiger charge is -2.13. The summed E-state index contributed by atoms with van der Waals surface area (Å²) in [5.41, 5.74) is 0.737. The molecule has 1 N–H and O–H groups in total. The van der Waals surface area contributed by atoms with Gasteiger partial charge in [-0.25, -0.2) is 9.78 Å². The van der Waals surface area contributed by atoms with E-state index in [1.165, 1.54) is 6.20 Å². The molecule has 2 aromatic rings. The zero-order valence-corrected chi connectivity index (χ0v) is 12.4. The highest BCUT2D eigenvalue weighted by Crippen LogP contribution is 2.30. The smallest absolute Gasteiger partial charge is 0.358 e. The van der Waals surface area contributed by atoms with Gasteiger partial charge >= 0.3 is 5.97 Å². The summed E-state index contributed by atoms with van der Waals surface area (Å²) < 4.78 is 16.2. The number of carboxylic acids is 1. The van der Waals surface area contributed by atoms with Crippen LogP contribution in [0.2, 0.25) is 0 Å². The van der Waals surface area contributed by atoms with Crippen LogP contribution in [0.3, 0.4) is 0 Å². The number of aromatic nitrogens is 1. The summed E-state index contributed by atoms with van der Waals surface area (Å²) in [5, 5.41) is 9.16. The fraction of sp³-hybridized carbons (Fsp3) is 0.250. The number of nitrogens with zero attached hydrogens (tertiary/aromatic N) is 1. The van der Waals surface area contributed by atoms with E-state index in [2.05, 4.69) is 4.98 Å². The Hall–Kier alpha value is -2.76. The minimum atomic E-state index is -1.16. The van der Waals surface area contributed by atoms with Crippen molar-refractivity contribution < 1.29 is 24.1 Å². The van der Waals surface area contributed by atoms with Crippen LogP contribution in [0.1, 0.15) is 23.0 Å². The summed E-state index contributed by atoms with van der Waals surface area (Å²) in [4.78, 5) is 15.0. The van der Waals surface area contributed by atoms with Crippen molar-refractivity contribution in [3.05, 3.63) is 47.8 Å². The second-order valence-electron chi connectivity index (χ2n) is 4.37. The lowest BCUT2D eigenvalue weighted by Crippen LogP contribution is -2.08. The van der Waals surface area contributed by atoms with Gasteiger partial charge in [0.1, 0.15) is 12.4 Å². The Morgan fingerprint density at radius 2 is 2.09 bits per heavy atom. The number of hydrogen-bond donors (Lipinski definition) is 1. The molecule has 0 aliphatic heterocycles. The molecule has 0 aliphatic rings. The Labute approximate surface area is 128 Å². The third-order valence-electron chi connectivity index (χ3n) is 2.89. The summed E-state index contributed by atoms with van der Waals surface area (Å²) in [7, 11) is 1.59. The summed E-state index contributed by atoms with van der Waals surface area (Å²) in [6, 6.07) is 9.01. The van der Waals surface area contributed by atoms with Crippen molar-refractivity contribution in [2.24, 2.45) is 0 Å². The van der Waals surface area contributed by atoms with E-state index in [1.54, 1.807) is 20.1 Å². The topological polar surface area (TPSA) is 77.9 Å². The van der Waals surface area contributed by atoms with E-state index in [0.29, 0.717) is 12.4 Å². The first kappa shape index (κ1) is 15.6. The lowest BCUT2D eigenvalue weighted by atomic mass is 10.2. The molecule has 1 aromatic carbocycles. The first-order valence-corrected chi connectivity index (χ1v) is 6.76. The average molecular weight is 303 g/mol. The van der Waals surface area contributed by atoms with Crippen molar-refractivity contribution >= 4 is 5.97 Å². The summed E-state index contributed by atoms with van der Waals surface area (Å²) in [5.74, 6) is 0.0554. The molecule has 6 nitrogen and oxygen atoms in total. The Kier molecular flexibility index (Phi) is 5.19. The van der Waals surface area contributed by atoms with Gasteiger partial charge in [0, 0.05) is 12.3 Å². The number of aromatic carboxylic acids is 1. The number of carboxylic acid groups (broad SMARTS) is 1. The number of benzene rings is 1. The van der Waals surface area contributed by atoms with Gasteiger partial charge in [0.15, 0.2) is 17.2 Å². The molecule has 0 saturated carbocycles. The molecule has 22 heavy (non-hydrogen) atoms. The summed E-state index contributed by atoms with van der Waals surface area (Å²) in [6.45, 7) is 2.35. The molecule has 0 radical (unpaired) electrons. The molecule has 6 heteroatoms. The molecule has 0 spiro atoms. The number of methoxy groups -OCH3 is 1. The van der Waals surface area contributed by atoms with Crippen molar-refractivity contribution in [2.45, 2.75) is 13.5 Å². The summed E-state index contributed by atoms with van der Waals surface area (Å²) >= 11 is 0. The third kappa shape index (κ3) is 3.66. The Bertz CT molecular complexity index is 657. The maximum atomic E-state index is 11.2. The predicted octanol–water partition coefficient (Wildman–Crippen LogP) is 2.77.